The molecule has 0 fully saturated rings. The van der Waals surface area contributed by atoms with Crippen LogP contribution in [0.3, 0.4) is 0 Å². The summed E-state index contributed by atoms with van der Waals surface area (Å²) in [6.07, 6.45) is 0.0482. The zero-order valence-corrected chi connectivity index (χ0v) is 19.8. The van der Waals surface area contributed by atoms with Gasteiger partial charge in [-0.3, -0.25) is 14.5 Å². The van der Waals surface area contributed by atoms with Crippen molar-refractivity contribution in [2.24, 2.45) is 10.7 Å². The summed E-state index contributed by atoms with van der Waals surface area (Å²) in [5.74, 6) is 0.312. The first-order valence-electron chi connectivity index (χ1n) is 11.5. The van der Waals surface area contributed by atoms with E-state index >= 15 is 0 Å². The number of guanidine groups is 1. The first kappa shape index (κ1) is 22.4. The molecule has 0 saturated carbocycles. The zero-order valence-electron chi connectivity index (χ0n) is 19.8. The summed E-state index contributed by atoms with van der Waals surface area (Å²) in [4.78, 5) is 32.3. The minimum atomic E-state index is -0.769. The number of nitrogens with two attached hydrogens (primary N) is 1. The van der Waals surface area contributed by atoms with E-state index in [0.717, 1.165) is 11.1 Å². The largest absolute Gasteiger partial charge is 0.485 e. The van der Waals surface area contributed by atoms with Crippen molar-refractivity contribution in [3.8, 4) is 5.75 Å². The van der Waals surface area contributed by atoms with E-state index in [1.165, 1.54) is 4.90 Å². The minimum absolute atomic E-state index is 0.132. The lowest BCUT2D eigenvalue weighted by Crippen LogP contribution is -2.55. The summed E-state index contributed by atoms with van der Waals surface area (Å²) in [5.41, 5.74) is 8.01. The number of rotatable bonds is 3. The van der Waals surface area contributed by atoms with Crippen LogP contribution in [-0.4, -0.2) is 45.0 Å². The molecule has 2 amide bonds. The van der Waals surface area contributed by atoms with Gasteiger partial charge in [0.1, 0.15) is 17.4 Å². The highest BCUT2D eigenvalue weighted by Gasteiger charge is 2.50. The van der Waals surface area contributed by atoms with E-state index in [4.69, 9.17) is 10.5 Å². The molecule has 34 heavy (non-hydrogen) atoms. The molecular weight excluding hydrogens is 432 g/mol. The van der Waals surface area contributed by atoms with Gasteiger partial charge in [-0.05, 0) is 57.0 Å². The molecule has 0 spiro atoms. The van der Waals surface area contributed by atoms with Crippen LogP contribution in [0.15, 0.2) is 47.5 Å². The third kappa shape index (κ3) is 3.62. The van der Waals surface area contributed by atoms with Gasteiger partial charge in [-0.15, -0.1) is 0 Å². The van der Waals surface area contributed by atoms with Crippen LogP contribution in [0.1, 0.15) is 73.2 Å². The van der Waals surface area contributed by atoms with Crippen LogP contribution in [0, 0.1) is 0 Å². The lowest BCUT2D eigenvalue weighted by Gasteiger charge is -2.40. The highest BCUT2D eigenvalue weighted by atomic mass is 16.5. The number of hydrogen-bond donors (Lipinski definition) is 3. The van der Waals surface area contributed by atoms with E-state index < -0.39 is 29.3 Å². The van der Waals surface area contributed by atoms with E-state index in [9.17, 15) is 14.7 Å². The van der Waals surface area contributed by atoms with Gasteiger partial charge in [-0.25, -0.2) is 4.99 Å². The lowest BCUT2D eigenvalue weighted by molar-refractivity contribution is -0.133. The Bertz CT molecular complexity index is 1220. The van der Waals surface area contributed by atoms with Crippen molar-refractivity contribution in [3.63, 3.8) is 0 Å². The molecule has 0 bridgehead atoms. The number of nitrogens with zero attached hydrogens (tertiary/aromatic N) is 2. The first-order valence-corrected chi connectivity index (χ1v) is 11.5. The van der Waals surface area contributed by atoms with Crippen molar-refractivity contribution < 1.29 is 19.4 Å². The maximum absolute atomic E-state index is 13.2. The highest BCUT2D eigenvalue weighted by Crippen LogP contribution is 2.48. The molecule has 1 aliphatic carbocycles. The lowest BCUT2D eigenvalue weighted by atomic mass is 9.89. The van der Waals surface area contributed by atoms with Gasteiger partial charge in [0.25, 0.3) is 5.91 Å². The van der Waals surface area contributed by atoms with E-state index in [2.05, 4.69) is 10.3 Å². The molecule has 178 valence electrons. The number of fused-ring (bicyclic) bond motifs is 2. The number of hydrogen-bond acceptors (Lipinski definition) is 6. The Hall–Kier alpha value is -3.39. The van der Waals surface area contributed by atoms with Crippen molar-refractivity contribution in [2.45, 2.75) is 69.9 Å². The fourth-order valence-electron chi connectivity index (χ4n) is 5.40. The van der Waals surface area contributed by atoms with E-state index in [1.54, 1.807) is 18.2 Å². The Morgan fingerprint density at radius 2 is 1.91 bits per heavy atom. The normalized spacial score (nSPS) is 26.4. The highest BCUT2D eigenvalue weighted by molar-refractivity contribution is 6.00. The minimum Gasteiger partial charge on any atom is -0.485 e. The summed E-state index contributed by atoms with van der Waals surface area (Å²) in [7, 11) is 0. The summed E-state index contributed by atoms with van der Waals surface area (Å²) >= 11 is 0. The summed E-state index contributed by atoms with van der Waals surface area (Å²) in [6.45, 7) is 7.53. The fraction of sp³-hybridized carbons (Fsp3) is 0.423. The standard InChI is InChI=1S/C26H30N4O4/c1-25(2)13-20(32)30(24(27)29-25)22-17-11-15(9-10-19(17)34-26(22,3)4)23(33)28-21-16-8-6-5-7-14(16)12-18(21)31/h5-11,18,21-22,31H,12-13H2,1-4H3,(H2,27,29)(H,28,33)/t18-,21-,22?/m1/s1. The van der Waals surface area contributed by atoms with Crippen molar-refractivity contribution >= 4 is 17.8 Å². The molecule has 3 aliphatic rings. The molecule has 2 aliphatic heterocycles. The van der Waals surface area contributed by atoms with E-state index in [-0.39, 0.29) is 24.2 Å². The average Bonchev–Trinajstić information content (AvgIpc) is 3.19. The summed E-state index contributed by atoms with van der Waals surface area (Å²) in [6, 6.07) is 11.9. The van der Waals surface area contributed by atoms with Crippen LogP contribution in [-0.2, 0) is 11.2 Å². The average molecular weight is 463 g/mol. The first-order chi connectivity index (χ1) is 16.0. The molecule has 4 N–H and O–H groups in total. The van der Waals surface area contributed by atoms with Crippen LogP contribution < -0.4 is 15.8 Å². The topological polar surface area (TPSA) is 117 Å². The number of amides is 2. The molecule has 2 aromatic carbocycles. The molecule has 0 radical (unpaired) electrons. The second-order valence-electron chi connectivity index (χ2n) is 10.5. The number of aliphatic hydroxyl groups is 1. The van der Waals surface area contributed by atoms with Crippen LogP contribution >= 0.6 is 0 Å². The molecular formula is C26H30N4O4. The molecule has 0 saturated heterocycles. The Kier molecular flexibility index (Phi) is 4.98. The van der Waals surface area contributed by atoms with Crippen molar-refractivity contribution in [1.82, 2.24) is 10.2 Å². The van der Waals surface area contributed by atoms with Crippen LogP contribution in [0.4, 0.5) is 0 Å². The number of ether oxygens (including phenoxy) is 1. The number of carbonyl (C=O) groups is 2. The van der Waals surface area contributed by atoms with Crippen LogP contribution in [0.25, 0.3) is 0 Å². The van der Waals surface area contributed by atoms with Gasteiger partial charge >= 0.3 is 0 Å². The fourth-order valence-corrected chi connectivity index (χ4v) is 5.40. The molecule has 2 heterocycles. The number of aliphatic hydroxyl groups excluding tert-OH is 1. The smallest absolute Gasteiger partial charge is 0.251 e. The third-order valence-electron chi connectivity index (χ3n) is 6.86. The molecule has 1 unspecified atom stereocenters. The summed E-state index contributed by atoms with van der Waals surface area (Å²) < 4.78 is 6.16. The van der Waals surface area contributed by atoms with Crippen LogP contribution in [0.2, 0.25) is 0 Å². The Morgan fingerprint density at radius 1 is 1.18 bits per heavy atom. The van der Waals surface area contributed by atoms with Gasteiger partial charge in [0.15, 0.2) is 5.96 Å². The Balaban J connectivity index is 1.47. The van der Waals surface area contributed by atoms with Gasteiger partial charge < -0.3 is 20.9 Å². The molecule has 5 rings (SSSR count). The van der Waals surface area contributed by atoms with Crippen molar-refractivity contribution in [2.75, 3.05) is 0 Å². The number of benzene rings is 2. The van der Waals surface area contributed by atoms with E-state index in [1.807, 2.05) is 52.0 Å². The van der Waals surface area contributed by atoms with Gasteiger partial charge in [0.05, 0.1) is 24.1 Å². The predicted octanol–water partition coefficient (Wildman–Crippen LogP) is 2.61. The second kappa shape index (κ2) is 7.56. The van der Waals surface area contributed by atoms with Gasteiger partial charge in [-0.2, -0.15) is 0 Å². The third-order valence-corrected chi connectivity index (χ3v) is 6.86. The molecule has 0 aromatic heterocycles. The van der Waals surface area contributed by atoms with E-state index in [0.29, 0.717) is 23.3 Å². The molecule has 8 heteroatoms. The number of nitrogens with one attached hydrogen (secondary N) is 1. The SMILES string of the molecule is CC1(C)CC(=O)N(C2c3cc(C(=O)N[C@@H]4c5ccccc5C[C@H]4O)ccc3OC2(C)C)C(N)=N1. The molecule has 8 nitrogen and oxygen atoms in total. The quantitative estimate of drug-likeness (QED) is 0.648. The van der Waals surface area contributed by atoms with Gasteiger partial charge in [0, 0.05) is 17.5 Å². The Labute approximate surface area is 198 Å². The second-order valence-corrected chi connectivity index (χ2v) is 10.5. The molecule has 3 atom stereocenters. The van der Waals surface area contributed by atoms with Gasteiger partial charge in [-0.1, -0.05) is 24.3 Å². The zero-order chi connectivity index (χ0) is 24.4. The van der Waals surface area contributed by atoms with Crippen molar-refractivity contribution in [3.05, 3.63) is 64.7 Å². The maximum Gasteiger partial charge on any atom is 0.251 e. The number of aliphatic imine (C=N–C) groups is 1. The maximum atomic E-state index is 13.2. The summed E-state index contributed by atoms with van der Waals surface area (Å²) in [5, 5.41) is 13.5. The predicted molar refractivity (Wildman–Crippen MR) is 127 cm³/mol. The van der Waals surface area contributed by atoms with Crippen molar-refractivity contribution in [1.29, 1.82) is 0 Å². The number of carbonyl (C=O) groups excluding carboxylic acids is 2. The molecule has 2 aromatic rings. The van der Waals surface area contributed by atoms with Crippen LogP contribution in [0.5, 0.6) is 5.75 Å². The van der Waals surface area contributed by atoms with Gasteiger partial charge in [0.2, 0.25) is 5.91 Å². The Morgan fingerprint density at radius 3 is 2.65 bits per heavy atom. The monoisotopic (exact) mass is 462 g/mol.